The van der Waals surface area contributed by atoms with Crippen molar-refractivity contribution in [2.24, 2.45) is 0 Å². The topological polar surface area (TPSA) is 141 Å². The number of phenols is 2. The van der Waals surface area contributed by atoms with Gasteiger partial charge in [-0.25, -0.2) is 4.79 Å². The fraction of sp³-hybridized carbons (Fsp3) is 0.0588. The van der Waals surface area contributed by atoms with E-state index in [1.165, 1.54) is 24.3 Å². The molecule has 0 saturated heterocycles. The third kappa shape index (κ3) is 1.88. The van der Waals surface area contributed by atoms with Crippen molar-refractivity contribution in [2.45, 2.75) is 0 Å². The van der Waals surface area contributed by atoms with E-state index in [4.69, 9.17) is 9.94 Å². The first-order valence-electron chi connectivity index (χ1n) is 7.33. The highest BCUT2D eigenvalue weighted by Crippen LogP contribution is 2.49. The van der Waals surface area contributed by atoms with Gasteiger partial charge in [-0.1, -0.05) is 12.1 Å². The first-order valence-corrected chi connectivity index (χ1v) is 7.33. The van der Waals surface area contributed by atoms with Crippen LogP contribution in [0.5, 0.6) is 11.5 Å². The summed E-state index contributed by atoms with van der Waals surface area (Å²) in [5.41, 5.74) is -0.160. The number of hydroxylamine groups is 2. The van der Waals surface area contributed by atoms with E-state index in [0.29, 0.717) is 5.06 Å². The molecule has 130 valence electrons. The number of hydrogen-bond donors (Lipinski definition) is 3. The second-order valence-electron chi connectivity index (χ2n) is 5.67. The number of amides is 2. The second kappa shape index (κ2) is 5.14. The lowest BCUT2D eigenvalue weighted by molar-refractivity contribution is -0.155. The van der Waals surface area contributed by atoms with E-state index in [2.05, 4.69) is 0 Å². The highest BCUT2D eigenvalue weighted by molar-refractivity contribution is 6.29. The fourth-order valence-electron chi connectivity index (χ4n) is 3.11. The molecule has 3 aliphatic rings. The van der Waals surface area contributed by atoms with Crippen LogP contribution in [0.15, 0.2) is 24.3 Å². The van der Waals surface area contributed by atoms with E-state index < -0.39 is 35.9 Å². The van der Waals surface area contributed by atoms with E-state index >= 15 is 0 Å². The smallest absolute Gasteiger partial charge is 0.332 e. The SMILES string of the molecule is O=C(O)CON1C(=O)c2cccc(-c3cc(O)c4c(O)c3C4=O)c2C1=O. The van der Waals surface area contributed by atoms with Crippen molar-refractivity contribution < 1.29 is 39.3 Å². The summed E-state index contributed by atoms with van der Waals surface area (Å²) in [6.45, 7) is -0.888. The van der Waals surface area contributed by atoms with Gasteiger partial charge in [0.2, 0.25) is 5.78 Å². The van der Waals surface area contributed by atoms with Gasteiger partial charge in [0, 0.05) is 5.56 Å². The van der Waals surface area contributed by atoms with E-state index in [-0.39, 0.29) is 39.1 Å². The monoisotopic (exact) mass is 355 g/mol. The summed E-state index contributed by atoms with van der Waals surface area (Å²) in [7, 11) is 0. The summed E-state index contributed by atoms with van der Waals surface area (Å²) < 4.78 is 0. The Hall–Kier alpha value is -3.72. The molecule has 1 heterocycles. The molecule has 1 aliphatic heterocycles. The maximum absolute atomic E-state index is 12.6. The lowest BCUT2D eigenvalue weighted by atomic mass is 9.80. The normalized spacial score (nSPS) is 14.5. The Balaban J connectivity index is 1.86. The van der Waals surface area contributed by atoms with Crippen LogP contribution in [-0.4, -0.2) is 50.6 Å². The number of imide groups is 1. The van der Waals surface area contributed by atoms with Crippen molar-refractivity contribution in [2.75, 3.05) is 6.61 Å². The molecule has 0 saturated carbocycles. The van der Waals surface area contributed by atoms with E-state index in [0.717, 1.165) is 0 Å². The Morgan fingerprint density at radius 1 is 0.962 bits per heavy atom. The van der Waals surface area contributed by atoms with Gasteiger partial charge in [0.25, 0.3) is 11.8 Å². The Morgan fingerprint density at radius 3 is 2.27 bits per heavy atom. The molecule has 0 spiro atoms. The first kappa shape index (κ1) is 15.8. The van der Waals surface area contributed by atoms with Crippen molar-refractivity contribution in [1.82, 2.24) is 5.06 Å². The number of aliphatic carboxylic acids is 1. The number of hydrogen-bond acceptors (Lipinski definition) is 7. The van der Waals surface area contributed by atoms with Crippen LogP contribution in [0.1, 0.15) is 36.6 Å². The standard InChI is InChI=1S/C17H9NO8/c19-9-4-8(12-14(22)13(9)15(12)23)6-2-1-3-7-11(6)17(25)18(16(7)24)26-5-10(20)21/h1-4,19,22H,5H2,(H,20,21). The molecule has 0 atom stereocenters. The van der Waals surface area contributed by atoms with Crippen LogP contribution in [0.4, 0.5) is 0 Å². The van der Waals surface area contributed by atoms with Crippen LogP contribution in [0, 0.1) is 0 Å². The summed E-state index contributed by atoms with van der Waals surface area (Å²) in [5.74, 6) is -4.49. The molecule has 0 unspecified atom stereocenters. The highest BCUT2D eigenvalue weighted by Gasteiger charge is 2.42. The summed E-state index contributed by atoms with van der Waals surface area (Å²) in [4.78, 5) is 52.3. The predicted molar refractivity (Wildman–Crippen MR) is 82.7 cm³/mol. The molecule has 2 aliphatic carbocycles. The van der Waals surface area contributed by atoms with Crippen molar-refractivity contribution in [3.8, 4) is 22.6 Å². The zero-order valence-corrected chi connectivity index (χ0v) is 12.8. The van der Waals surface area contributed by atoms with Gasteiger partial charge in [0.1, 0.15) is 17.1 Å². The molecule has 0 fully saturated rings. The molecular weight excluding hydrogens is 346 g/mol. The van der Waals surface area contributed by atoms with Crippen molar-refractivity contribution in [3.63, 3.8) is 0 Å². The predicted octanol–water partition coefficient (Wildman–Crippen LogP) is 0.921. The van der Waals surface area contributed by atoms with E-state index in [9.17, 15) is 29.4 Å². The third-order valence-corrected chi connectivity index (χ3v) is 4.22. The van der Waals surface area contributed by atoms with Crippen LogP contribution >= 0.6 is 0 Å². The largest absolute Gasteiger partial charge is 0.507 e. The van der Waals surface area contributed by atoms with Crippen LogP contribution < -0.4 is 0 Å². The molecule has 5 rings (SSSR count). The molecule has 0 aromatic heterocycles. The lowest BCUT2D eigenvalue weighted by Crippen LogP contribution is -2.32. The van der Waals surface area contributed by atoms with Crippen LogP contribution in [0.25, 0.3) is 11.1 Å². The third-order valence-electron chi connectivity index (χ3n) is 4.22. The lowest BCUT2D eigenvalue weighted by Gasteiger charge is -2.23. The van der Waals surface area contributed by atoms with Crippen LogP contribution in [0.2, 0.25) is 0 Å². The maximum atomic E-state index is 12.6. The molecular formula is C17H9NO8. The van der Waals surface area contributed by atoms with Crippen LogP contribution in [-0.2, 0) is 9.63 Å². The van der Waals surface area contributed by atoms with Crippen molar-refractivity contribution in [1.29, 1.82) is 0 Å². The molecule has 3 N–H and O–H groups in total. The van der Waals surface area contributed by atoms with Crippen molar-refractivity contribution in [3.05, 3.63) is 46.5 Å². The fourth-order valence-corrected chi connectivity index (χ4v) is 3.11. The number of rotatable bonds is 4. The molecule has 0 radical (unpaired) electrons. The van der Waals surface area contributed by atoms with Gasteiger partial charge in [-0.2, -0.15) is 0 Å². The van der Waals surface area contributed by atoms with Gasteiger partial charge in [-0.15, -0.1) is 5.06 Å². The number of nitrogens with zero attached hydrogens (tertiary/aromatic N) is 1. The maximum Gasteiger partial charge on any atom is 0.332 e. The Kier molecular flexibility index (Phi) is 3.12. The molecule has 2 bridgehead atoms. The summed E-state index contributed by atoms with van der Waals surface area (Å²) >= 11 is 0. The molecule has 9 nitrogen and oxygen atoms in total. The quantitative estimate of drug-likeness (QED) is 0.587. The van der Waals surface area contributed by atoms with Gasteiger partial charge in [-0.3, -0.25) is 19.2 Å². The summed E-state index contributed by atoms with van der Waals surface area (Å²) in [6.07, 6.45) is 0. The minimum atomic E-state index is -1.37. The molecule has 26 heavy (non-hydrogen) atoms. The number of ketones is 1. The van der Waals surface area contributed by atoms with Gasteiger partial charge in [0.15, 0.2) is 6.61 Å². The van der Waals surface area contributed by atoms with Gasteiger partial charge in [0.05, 0.1) is 16.7 Å². The zero-order chi connectivity index (χ0) is 18.7. The van der Waals surface area contributed by atoms with E-state index in [1.807, 2.05) is 0 Å². The summed E-state index contributed by atoms with van der Waals surface area (Å²) in [5, 5.41) is 28.8. The number of carboxylic acids is 1. The van der Waals surface area contributed by atoms with E-state index in [1.54, 1.807) is 0 Å². The second-order valence-corrected chi connectivity index (χ2v) is 5.67. The van der Waals surface area contributed by atoms with Crippen LogP contribution in [0.3, 0.4) is 0 Å². The minimum absolute atomic E-state index is 0.0417. The average molecular weight is 355 g/mol. The highest BCUT2D eigenvalue weighted by atomic mass is 16.7. The Bertz CT molecular complexity index is 1050. The van der Waals surface area contributed by atoms with Gasteiger partial charge < -0.3 is 15.3 Å². The zero-order valence-electron chi connectivity index (χ0n) is 12.8. The first-order chi connectivity index (χ1) is 12.3. The number of carbonyl (C=O) groups excluding carboxylic acids is 3. The number of aromatic hydroxyl groups is 2. The number of phenolic OH excluding ortho intramolecular Hbond substituents is 2. The minimum Gasteiger partial charge on any atom is -0.507 e. The molecule has 9 heteroatoms. The number of fused-ring (bicyclic) bond motifs is 3. The number of benzene rings is 2. The average Bonchev–Trinajstić information content (AvgIpc) is 2.83. The molecule has 2 aromatic rings. The van der Waals surface area contributed by atoms with Crippen molar-refractivity contribution >= 4 is 23.6 Å². The number of carboxylic acid groups (broad SMARTS) is 1. The molecule has 2 amide bonds. The number of carbonyl (C=O) groups is 4. The van der Waals surface area contributed by atoms with Gasteiger partial charge >= 0.3 is 5.97 Å². The molecule has 2 aromatic carbocycles. The summed E-state index contributed by atoms with van der Waals surface area (Å²) in [6, 6.07) is 5.48. The van der Waals surface area contributed by atoms with Gasteiger partial charge in [-0.05, 0) is 17.7 Å². The Labute approximate surface area is 144 Å². The Morgan fingerprint density at radius 2 is 1.65 bits per heavy atom.